The fraction of sp³-hybridized carbons (Fsp3) is 0.375. The molecule has 2 N–H and O–H groups in total. The van der Waals surface area contributed by atoms with E-state index in [1.54, 1.807) is 0 Å². The monoisotopic (exact) mass is 574 g/mol. The number of benzene rings is 2. The predicted octanol–water partition coefficient (Wildman–Crippen LogP) is 9.34. The van der Waals surface area contributed by atoms with E-state index in [1.807, 2.05) is 50.3 Å². The third kappa shape index (κ3) is 17.6. The summed E-state index contributed by atoms with van der Waals surface area (Å²) in [6.45, 7) is 8.05. The normalized spacial score (nSPS) is 13.5. The topological polar surface area (TPSA) is 24.1 Å². The average molecular weight is 575 g/mol. The summed E-state index contributed by atoms with van der Waals surface area (Å²) in [5.41, 5.74) is 0.625. The van der Waals surface area contributed by atoms with Crippen LogP contribution >= 0.6 is 0 Å². The predicted molar refractivity (Wildman–Crippen MR) is 150 cm³/mol. The molecule has 2 unspecified atom stereocenters. The van der Waals surface area contributed by atoms with Gasteiger partial charge in [0, 0.05) is 35.4 Å². The Bertz CT molecular complexity index is 947. The van der Waals surface area contributed by atoms with E-state index in [-0.39, 0.29) is 33.8 Å². The van der Waals surface area contributed by atoms with Crippen LogP contribution in [0.25, 0.3) is 0 Å². The van der Waals surface area contributed by atoms with Gasteiger partial charge in [-0.3, -0.25) is 12.2 Å². The van der Waals surface area contributed by atoms with Gasteiger partial charge in [-0.15, -0.1) is 49.2 Å². The molecule has 0 saturated heterocycles. The van der Waals surface area contributed by atoms with Crippen molar-refractivity contribution < 1.29 is 39.3 Å². The zero-order valence-electron chi connectivity index (χ0n) is 23.2. The van der Waals surface area contributed by atoms with Crippen LogP contribution in [0.4, 0.5) is 28.9 Å². The third-order valence-corrected chi connectivity index (χ3v) is 5.14. The average Bonchev–Trinajstić information content (AvgIpc) is 3.63. The van der Waals surface area contributed by atoms with E-state index in [2.05, 4.69) is 48.8 Å². The van der Waals surface area contributed by atoms with Crippen LogP contribution in [-0.2, 0) is 21.7 Å². The van der Waals surface area contributed by atoms with E-state index in [0.29, 0.717) is 11.4 Å². The molecule has 2 atom stereocenters. The molecule has 2 aliphatic rings. The summed E-state index contributed by atoms with van der Waals surface area (Å²) in [4.78, 5) is 0. The van der Waals surface area contributed by atoms with E-state index in [9.17, 15) is 17.6 Å². The van der Waals surface area contributed by atoms with Gasteiger partial charge in [0.15, 0.2) is 0 Å². The molecule has 7 heteroatoms. The van der Waals surface area contributed by atoms with Crippen LogP contribution in [0.15, 0.2) is 60.7 Å². The van der Waals surface area contributed by atoms with Crippen molar-refractivity contribution in [2.75, 3.05) is 10.6 Å². The van der Waals surface area contributed by atoms with Gasteiger partial charge >= 0.3 is 21.7 Å². The van der Waals surface area contributed by atoms with E-state index in [0.717, 1.165) is 38.5 Å². The summed E-state index contributed by atoms with van der Waals surface area (Å²) in [6, 6.07) is 9.55. The Balaban J connectivity index is 0.000000537. The van der Waals surface area contributed by atoms with Crippen molar-refractivity contribution in [3.05, 3.63) is 108 Å². The SMILES string of the molecule is CCCC(C)Nc1ccc(F)[c-]c1F.CCCC(C)Nc1ccc(F)[c-]c1F.[C-]1=CC=CC1.[C-]1=CC=CC1.[Ti+4]. The second kappa shape index (κ2) is 22.3. The summed E-state index contributed by atoms with van der Waals surface area (Å²) < 4.78 is 51.2. The van der Waals surface area contributed by atoms with Crippen LogP contribution in [0.2, 0.25) is 0 Å². The number of halogens is 4. The number of anilines is 2. The van der Waals surface area contributed by atoms with Crippen LogP contribution in [0.3, 0.4) is 0 Å². The number of rotatable bonds is 8. The minimum Gasteiger partial charge on any atom is -0.432 e. The summed E-state index contributed by atoms with van der Waals surface area (Å²) in [5.74, 6) is -2.66. The standard InChI is InChI=1S/2C11H14F2N.2C5H5.Ti/c2*1-3-4-8(2)14-11-6-5-9(12)7-10(11)13;2*1-2-4-5-3-1;/h2*5-6,8,14H,3-4H2,1-2H3;2*1-3H,4H2;/q4*-1;+4. The van der Waals surface area contributed by atoms with Crippen LogP contribution in [0, 0.1) is 47.6 Å². The molecule has 4 rings (SSSR count). The van der Waals surface area contributed by atoms with E-state index >= 15 is 0 Å². The minimum absolute atomic E-state index is 0. The van der Waals surface area contributed by atoms with Crippen molar-refractivity contribution in [2.45, 2.75) is 78.3 Å². The molecule has 2 aliphatic carbocycles. The second-order valence-corrected chi connectivity index (χ2v) is 8.74. The second-order valence-electron chi connectivity index (χ2n) is 8.74. The molecule has 0 aromatic heterocycles. The first-order valence-corrected chi connectivity index (χ1v) is 13.0. The number of hydrogen-bond acceptors (Lipinski definition) is 2. The smallest absolute Gasteiger partial charge is 0.432 e. The number of hydrogen-bond donors (Lipinski definition) is 2. The first kappa shape index (κ1) is 36.4. The first-order valence-electron chi connectivity index (χ1n) is 13.0. The van der Waals surface area contributed by atoms with E-state index < -0.39 is 23.3 Å². The summed E-state index contributed by atoms with van der Waals surface area (Å²) in [6.07, 6.45) is 24.0. The largest absolute Gasteiger partial charge is 4.00 e. The Morgan fingerprint density at radius 1 is 0.692 bits per heavy atom. The fourth-order valence-electron chi connectivity index (χ4n) is 3.33. The van der Waals surface area contributed by atoms with Gasteiger partial charge in [-0.1, -0.05) is 26.7 Å². The molecular weight excluding hydrogens is 536 g/mol. The number of nitrogens with one attached hydrogen (secondary N) is 2. The van der Waals surface area contributed by atoms with Crippen molar-refractivity contribution in [1.82, 2.24) is 0 Å². The molecule has 0 bridgehead atoms. The Morgan fingerprint density at radius 3 is 1.31 bits per heavy atom. The van der Waals surface area contributed by atoms with Gasteiger partial charge in [0.2, 0.25) is 0 Å². The van der Waals surface area contributed by atoms with Crippen molar-refractivity contribution >= 4 is 11.4 Å². The van der Waals surface area contributed by atoms with Gasteiger partial charge in [0.05, 0.1) is 0 Å². The summed E-state index contributed by atoms with van der Waals surface area (Å²) >= 11 is 0. The minimum atomic E-state index is -0.670. The summed E-state index contributed by atoms with van der Waals surface area (Å²) in [5, 5.41) is 5.93. The van der Waals surface area contributed by atoms with Crippen molar-refractivity contribution in [3.8, 4) is 0 Å². The molecule has 0 amide bonds. The molecule has 0 radical (unpaired) electrons. The fourth-order valence-corrected chi connectivity index (χ4v) is 3.33. The maximum Gasteiger partial charge on any atom is 4.00 e. The molecule has 2 aromatic carbocycles. The molecule has 0 fully saturated rings. The summed E-state index contributed by atoms with van der Waals surface area (Å²) in [7, 11) is 0. The quantitative estimate of drug-likeness (QED) is 0.187. The Morgan fingerprint density at radius 2 is 1.08 bits per heavy atom. The van der Waals surface area contributed by atoms with Crippen LogP contribution < -0.4 is 10.6 Å². The van der Waals surface area contributed by atoms with Gasteiger partial charge in [0.1, 0.15) is 0 Å². The Labute approximate surface area is 247 Å². The van der Waals surface area contributed by atoms with Gasteiger partial charge in [-0.05, 0) is 38.1 Å². The van der Waals surface area contributed by atoms with Crippen LogP contribution in [0.5, 0.6) is 0 Å². The van der Waals surface area contributed by atoms with Gasteiger partial charge in [-0.25, -0.2) is 41.9 Å². The van der Waals surface area contributed by atoms with E-state index in [1.165, 1.54) is 24.3 Å². The molecule has 2 nitrogen and oxygen atoms in total. The molecule has 0 aliphatic heterocycles. The van der Waals surface area contributed by atoms with Crippen molar-refractivity contribution in [2.24, 2.45) is 0 Å². The Kier molecular flexibility index (Phi) is 20.8. The maximum atomic E-state index is 13.1. The van der Waals surface area contributed by atoms with Crippen molar-refractivity contribution in [3.63, 3.8) is 0 Å². The van der Waals surface area contributed by atoms with Crippen molar-refractivity contribution in [1.29, 1.82) is 0 Å². The van der Waals surface area contributed by atoms with Crippen LogP contribution in [-0.4, -0.2) is 12.1 Å². The third-order valence-electron chi connectivity index (χ3n) is 5.14. The molecule has 0 saturated carbocycles. The van der Waals surface area contributed by atoms with E-state index in [4.69, 9.17) is 0 Å². The molecule has 0 heterocycles. The first-order chi connectivity index (χ1) is 18.3. The zero-order valence-corrected chi connectivity index (χ0v) is 24.7. The van der Waals surface area contributed by atoms with Gasteiger partial charge in [0.25, 0.3) is 0 Å². The maximum absolute atomic E-state index is 13.1. The Hall–Kier alpha value is -2.57. The van der Waals surface area contributed by atoms with Crippen LogP contribution in [0.1, 0.15) is 66.2 Å². The van der Waals surface area contributed by atoms with Gasteiger partial charge < -0.3 is 10.6 Å². The molecule has 208 valence electrons. The zero-order chi connectivity index (χ0) is 28.2. The molecule has 39 heavy (non-hydrogen) atoms. The molecular formula is C32H38F4N2Ti. The van der Waals surface area contributed by atoms with Gasteiger partial charge in [-0.2, -0.15) is 12.2 Å². The molecule has 2 aromatic rings. The molecule has 0 spiro atoms. The number of allylic oxidation sites excluding steroid dienone is 8.